The number of hydrogen-bond donors (Lipinski definition) is 2. The van der Waals surface area contributed by atoms with E-state index < -0.39 is 11.9 Å². The third kappa shape index (κ3) is 2.97. The van der Waals surface area contributed by atoms with Gasteiger partial charge in [-0.1, -0.05) is 12.1 Å². The van der Waals surface area contributed by atoms with Gasteiger partial charge in [-0.25, -0.2) is 14.6 Å². The van der Waals surface area contributed by atoms with Crippen LogP contribution in [0.3, 0.4) is 0 Å². The van der Waals surface area contributed by atoms with E-state index in [-0.39, 0.29) is 10.4 Å². The number of carboxylic acids is 2. The number of thiazole rings is 1. The summed E-state index contributed by atoms with van der Waals surface area (Å²) >= 11 is 1.13. The van der Waals surface area contributed by atoms with E-state index in [1.807, 2.05) is 0 Å². The molecule has 0 aliphatic carbocycles. The SMILES string of the molecule is Cc1nc(Cc2cccc(C(=O)O)c2)c(C(=O)O)s1. The van der Waals surface area contributed by atoms with Gasteiger partial charge in [-0.3, -0.25) is 0 Å². The number of hydrogen-bond acceptors (Lipinski definition) is 4. The molecule has 0 atom stereocenters. The number of aromatic carboxylic acids is 2. The Morgan fingerprint density at radius 2 is 2.00 bits per heavy atom. The highest BCUT2D eigenvalue weighted by molar-refractivity contribution is 7.13. The van der Waals surface area contributed by atoms with Crippen LogP contribution in [0, 0.1) is 6.92 Å². The number of nitrogens with zero attached hydrogens (tertiary/aromatic N) is 1. The zero-order valence-corrected chi connectivity index (χ0v) is 10.9. The van der Waals surface area contributed by atoms with E-state index in [1.54, 1.807) is 19.1 Å². The summed E-state index contributed by atoms with van der Waals surface area (Å²) in [5.74, 6) is -2.01. The van der Waals surface area contributed by atoms with Gasteiger partial charge in [0, 0.05) is 6.42 Å². The number of benzene rings is 1. The van der Waals surface area contributed by atoms with E-state index in [2.05, 4.69) is 4.98 Å². The van der Waals surface area contributed by atoms with Crippen LogP contribution >= 0.6 is 11.3 Å². The summed E-state index contributed by atoms with van der Waals surface area (Å²) in [5, 5.41) is 18.7. The van der Waals surface area contributed by atoms with Gasteiger partial charge in [0.2, 0.25) is 0 Å². The lowest BCUT2D eigenvalue weighted by Gasteiger charge is -2.01. The molecule has 98 valence electrons. The van der Waals surface area contributed by atoms with Crippen LogP contribution in [-0.2, 0) is 6.42 Å². The number of rotatable bonds is 4. The van der Waals surface area contributed by atoms with Crippen molar-refractivity contribution in [1.29, 1.82) is 0 Å². The predicted octanol–water partition coefficient (Wildman–Crippen LogP) is 2.44. The normalized spacial score (nSPS) is 10.4. The highest BCUT2D eigenvalue weighted by Gasteiger charge is 2.16. The first-order valence-electron chi connectivity index (χ1n) is 5.49. The zero-order chi connectivity index (χ0) is 14.0. The Morgan fingerprint density at radius 1 is 1.26 bits per heavy atom. The van der Waals surface area contributed by atoms with Gasteiger partial charge in [0.05, 0.1) is 16.3 Å². The van der Waals surface area contributed by atoms with Crippen molar-refractivity contribution in [2.75, 3.05) is 0 Å². The van der Waals surface area contributed by atoms with Gasteiger partial charge in [0.1, 0.15) is 4.88 Å². The monoisotopic (exact) mass is 277 g/mol. The highest BCUT2D eigenvalue weighted by atomic mass is 32.1. The van der Waals surface area contributed by atoms with Gasteiger partial charge in [0.15, 0.2) is 0 Å². The van der Waals surface area contributed by atoms with Crippen LogP contribution < -0.4 is 0 Å². The van der Waals surface area contributed by atoms with E-state index in [0.29, 0.717) is 17.1 Å². The molecule has 1 aromatic heterocycles. The summed E-state index contributed by atoms with van der Waals surface area (Å²) in [6, 6.07) is 6.42. The Hall–Kier alpha value is -2.21. The minimum Gasteiger partial charge on any atom is -0.478 e. The number of aromatic nitrogens is 1. The fraction of sp³-hybridized carbons (Fsp3) is 0.154. The Kier molecular flexibility index (Phi) is 3.62. The van der Waals surface area contributed by atoms with Crippen molar-refractivity contribution in [3.8, 4) is 0 Å². The van der Waals surface area contributed by atoms with Crippen molar-refractivity contribution in [2.45, 2.75) is 13.3 Å². The third-order valence-corrected chi connectivity index (χ3v) is 3.55. The first kappa shape index (κ1) is 13.2. The number of aryl methyl sites for hydroxylation is 1. The molecule has 0 saturated heterocycles. The average Bonchev–Trinajstić information content (AvgIpc) is 2.70. The van der Waals surface area contributed by atoms with Crippen molar-refractivity contribution in [3.05, 3.63) is 51.0 Å². The second-order valence-corrected chi connectivity index (χ2v) is 5.20. The molecule has 0 amide bonds. The quantitative estimate of drug-likeness (QED) is 0.896. The van der Waals surface area contributed by atoms with Crippen LogP contribution in [0.25, 0.3) is 0 Å². The first-order valence-corrected chi connectivity index (χ1v) is 6.31. The largest absolute Gasteiger partial charge is 0.478 e. The van der Waals surface area contributed by atoms with E-state index in [9.17, 15) is 9.59 Å². The minimum atomic E-state index is -1.00. The molecule has 5 nitrogen and oxygen atoms in total. The first-order chi connectivity index (χ1) is 8.97. The molecule has 0 aliphatic heterocycles. The van der Waals surface area contributed by atoms with Gasteiger partial charge in [-0.15, -0.1) is 11.3 Å². The molecule has 0 unspecified atom stereocenters. The van der Waals surface area contributed by atoms with Crippen LogP contribution in [0.4, 0.5) is 0 Å². The van der Waals surface area contributed by atoms with Crippen molar-refractivity contribution in [1.82, 2.24) is 4.98 Å². The van der Waals surface area contributed by atoms with Crippen molar-refractivity contribution >= 4 is 23.3 Å². The molecule has 0 saturated carbocycles. The fourth-order valence-corrected chi connectivity index (χ4v) is 2.54. The number of carboxylic acid groups (broad SMARTS) is 2. The number of carbonyl (C=O) groups is 2. The average molecular weight is 277 g/mol. The van der Waals surface area contributed by atoms with Gasteiger partial charge in [-0.05, 0) is 24.6 Å². The third-order valence-electron chi connectivity index (χ3n) is 2.54. The molecule has 2 N–H and O–H groups in total. The van der Waals surface area contributed by atoms with E-state index >= 15 is 0 Å². The molecule has 0 spiro atoms. The summed E-state index contributed by atoms with van der Waals surface area (Å²) in [6.45, 7) is 1.74. The molecule has 2 rings (SSSR count). The second-order valence-electron chi connectivity index (χ2n) is 4.00. The maximum Gasteiger partial charge on any atom is 0.347 e. The molecular weight excluding hydrogens is 266 g/mol. The molecule has 0 fully saturated rings. The van der Waals surface area contributed by atoms with Crippen molar-refractivity contribution in [3.63, 3.8) is 0 Å². The fourth-order valence-electron chi connectivity index (χ4n) is 1.76. The van der Waals surface area contributed by atoms with Crippen LogP contribution in [0.15, 0.2) is 24.3 Å². The Morgan fingerprint density at radius 3 is 2.63 bits per heavy atom. The molecule has 6 heteroatoms. The molecule has 2 aromatic rings. The maximum atomic E-state index is 11.1. The Balaban J connectivity index is 2.33. The maximum absolute atomic E-state index is 11.1. The van der Waals surface area contributed by atoms with Gasteiger partial charge < -0.3 is 10.2 Å². The van der Waals surface area contributed by atoms with Crippen molar-refractivity contribution < 1.29 is 19.8 Å². The molecule has 0 radical (unpaired) electrons. The second kappa shape index (κ2) is 5.19. The lowest BCUT2D eigenvalue weighted by atomic mass is 10.1. The van der Waals surface area contributed by atoms with E-state index in [0.717, 1.165) is 16.9 Å². The van der Waals surface area contributed by atoms with Gasteiger partial charge >= 0.3 is 11.9 Å². The van der Waals surface area contributed by atoms with Gasteiger partial charge in [-0.2, -0.15) is 0 Å². The lowest BCUT2D eigenvalue weighted by molar-refractivity contribution is 0.0687. The lowest BCUT2D eigenvalue weighted by Crippen LogP contribution is -2.01. The standard InChI is InChI=1S/C13H11NO4S/c1-7-14-10(11(19-7)13(17)18)6-8-3-2-4-9(5-8)12(15)16/h2-5H,6H2,1H3,(H,15,16)(H,17,18). The summed E-state index contributed by atoms with van der Waals surface area (Å²) in [6.07, 6.45) is 0.313. The molecule has 0 aliphatic rings. The summed E-state index contributed by atoms with van der Waals surface area (Å²) in [7, 11) is 0. The zero-order valence-electron chi connectivity index (χ0n) is 10.1. The van der Waals surface area contributed by atoms with Crippen LogP contribution in [-0.4, -0.2) is 27.1 Å². The predicted molar refractivity (Wildman–Crippen MR) is 70.0 cm³/mol. The topological polar surface area (TPSA) is 87.5 Å². The van der Waals surface area contributed by atoms with Gasteiger partial charge in [0.25, 0.3) is 0 Å². The summed E-state index contributed by atoms with van der Waals surface area (Å²) < 4.78 is 0. The highest BCUT2D eigenvalue weighted by Crippen LogP contribution is 2.21. The van der Waals surface area contributed by atoms with Crippen molar-refractivity contribution in [2.24, 2.45) is 0 Å². The minimum absolute atomic E-state index is 0.182. The van der Waals surface area contributed by atoms with Crippen LogP contribution in [0.5, 0.6) is 0 Å². The molecule has 0 bridgehead atoms. The smallest absolute Gasteiger partial charge is 0.347 e. The molecular formula is C13H11NO4S. The van der Waals surface area contributed by atoms with Crippen LogP contribution in [0.1, 0.15) is 36.3 Å². The molecule has 1 heterocycles. The Labute approximate surface area is 113 Å². The van der Waals surface area contributed by atoms with E-state index in [1.165, 1.54) is 12.1 Å². The molecule has 1 aromatic carbocycles. The van der Waals surface area contributed by atoms with E-state index in [4.69, 9.17) is 10.2 Å². The summed E-state index contributed by atoms with van der Waals surface area (Å²) in [5.41, 5.74) is 1.38. The Bertz CT molecular complexity index is 648. The van der Waals surface area contributed by atoms with Crippen LogP contribution in [0.2, 0.25) is 0 Å². The summed E-state index contributed by atoms with van der Waals surface area (Å²) in [4.78, 5) is 26.4. The molecule has 19 heavy (non-hydrogen) atoms.